The first-order valence-corrected chi connectivity index (χ1v) is 11.5. The molecule has 1 amide bonds. The number of hydrogen-bond acceptors (Lipinski definition) is 5. The van der Waals surface area contributed by atoms with Crippen LogP contribution in [-0.4, -0.2) is 29.6 Å². The molecule has 10 heteroatoms. The number of thioether (sulfide) groups is 1. The van der Waals surface area contributed by atoms with E-state index < -0.39 is 10.0 Å². The maximum Gasteiger partial charge on any atom is 0.238 e. The molecule has 0 aliphatic rings. The molecule has 0 saturated heterocycles. The fourth-order valence-electron chi connectivity index (χ4n) is 2.80. The minimum Gasteiger partial charge on any atom is -0.351 e. The number of aryl methyl sites for hydroxylation is 1. The zero-order valence-electron chi connectivity index (χ0n) is 15.8. The van der Waals surface area contributed by atoms with Crippen LogP contribution in [0.25, 0.3) is 11.0 Å². The SMILES string of the molecule is CCCn1c(SCC(=O)NCc2ccc(F)cc2)nc2cc(S(N)(=O)=O)ccc21. The molecule has 2 aromatic carbocycles. The second-order valence-corrected chi connectivity index (χ2v) is 8.94. The van der Waals surface area contributed by atoms with Crippen LogP contribution in [0, 0.1) is 5.82 Å². The Kier molecular flexibility index (Phi) is 6.56. The smallest absolute Gasteiger partial charge is 0.238 e. The summed E-state index contributed by atoms with van der Waals surface area (Å²) in [4.78, 5) is 16.7. The van der Waals surface area contributed by atoms with Crippen molar-refractivity contribution < 1.29 is 17.6 Å². The van der Waals surface area contributed by atoms with Crippen LogP contribution in [0.4, 0.5) is 4.39 Å². The van der Waals surface area contributed by atoms with Crippen molar-refractivity contribution in [1.82, 2.24) is 14.9 Å². The van der Waals surface area contributed by atoms with E-state index in [0.29, 0.717) is 23.8 Å². The number of amides is 1. The van der Waals surface area contributed by atoms with Crippen LogP contribution < -0.4 is 10.5 Å². The molecule has 3 aromatic rings. The normalized spacial score (nSPS) is 11.7. The van der Waals surface area contributed by atoms with E-state index in [9.17, 15) is 17.6 Å². The Hall–Kier alpha value is -2.43. The highest BCUT2D eigenvalue weighted by atomic mass is 32.2. The van der Waals surface area contributed by atoms with Gasteiger partial charge in [0.05, 0.1) is 21.7 Å². The Morgan fingerprint density at radius 1 is 1.24 bits per heavy atom. The number of fused-ring (bicyclic) bond motifs is 1. The van der Waals surface area contributed by atoms with E-state index in [0.717, 1.165) is 17.5 Å². The number of imidazole rings is 1. The van der Waals surface area contributed by atoms with Crippen LogP contribution in [0.1, 0.15) is 18.9 Å². The summed E-state index contributed by atoms with van der Waals surface area (Å²) in [7, 11) is -3.82. The van der Waals surface area contributed by atoms with E-state index in [2.05, 4.69) is 10.3 Å². The van der Waals surface area contributed by atoms with E-state index in [-0.39, 0.29) is 22.4 Å². The molecule has 0 aliphatic carbocycles. The van der Waals surface area contributed by atoms with Gasteiger partial charge in [-0.05, 0) is 42.3 Å². The number of nitrogens with two attached hydrogens (primary N) is 1. The van der Waals surface area contributed by atoms with Gasteiger partial charge in [-0.3, -0.25) is 4.79 Å². The van der Waals surface area contributed by atoms with Gasteiger partial charge in [-0.25, -0.2) is 22.9 Å². The van der Waals surface area contributed by atoms with E-state index in [4.69, 9.17) is 5.14 Å². The lowest BCUT2D eigenvalue weighted by Crippen LogP contribution is -2.24. The summed E-state index contributed by atoms with van der Waals surface area (Å²) in [5, 5.41) is 8.62. The molecule has 0 unspecified atom stereocenters. The van der Waals surface area contributed by atoms with Crippen molar-refractivity contribution in [2.24, 2.45) is 5.14 Å². The van der Waals surface area contributed by atoms with Crippen LogP contribution in [-0.2, 0) is 27.9 Å². The quantitative estimate of drug-likeness (QED) is 0.528. The number of benzene rings is 2. The van der Waals surface area contributed by atoms with E-state index in [1.54, 1.807) is 18.2 Å². The third kappa shape index (κ3) is 5.34. The number of halogens is 1. The van der Waals surface area contributed by atoms with Crippen molar-refractivity contribution in [3.63, 3.8) is 0 Å². The number of carbonyl (C=O) groups excluding carboxylic acids is 1. The summed E-state index contributed by atoms with van der Waals surface area (Å²) in [5.41, 5.74) is 2.10. The number of aromatic nitrogens is 2. The van der Waals surface area contributed by atoms with Crippen LogP contribution in [0.3, 0.4) is 0 Å². The van der Waals surface area contributed by atoms with Crippen molar-refractivity contribution in [3.8, 4) is 0 Å². The maximum absolute atomic E-state index is 12.9. The fraction of sp³-hybridized carbons (Fsp3) is 0.263. The predicted octanol–water partition coefficient (Wildman–Crippen LogP) is 2.64. The van der Waals surface area contributed by atoms with Gasteiger partial charge < -0.3 is 9.88 Å². The van der Waals surface area contributed by atoms with E-state index in [1.165, 1.54) is 36.0 Å². The Bertz CT molecular complexity index is 1130. The molecule has 0 atom stereocenters. The molecule has 1 heterocycles. The summed E-state index contributed by atoms with van der Waals surface area (Å²) >= 11 is 1.27. The molecule has 0 radical (unpaired) electrons. The second-order valence-electron chi connectivity index (χ2n) is 6.43. The molecule has 154 valence electrons. The van der Waals surface area contributed by atoms with Crippen molar-refractivity contribution in [2.45, 2.75) is 36.5 Å². The highest BCUT2D eigenvalue weighted by Crippen LogP contribution is 2.26. The van der Waals surface area contributed by atoms with Gasteiger partial charge in [0.1, 0.15) is 5.82 Å². The highest BCUT2D eigenvalue weighted by molar-refractivity contribution is 7.99. The van der Waals surface area contributed by atoms with Crippen molar-refractivity contribution in [2.75, 3.05) is 5.75 Å². The lowest BCUT2D eigenvalue weighted by Gasteiger charge is -2.08. The van der Waals surface area contributed by atoms with Gasteiger partial charge in [-0.15, -0.1) is 0 Å². The Balaban J connectivity index is 1.71. The number of nitrogens with zero attached hydrogens (tertiary/aromatic N) is 2. The minimum absolute atomic E-state index is 0.000241. The Labute approximate surface area is 172 Å². The zero-order valence-corrected chi connectivity index (χ0v) is 17.4. The third-order valence-corrected chi connectivity index (χ3v) is 6.08. The van der Waals surface area contributed by atoms with Gasteiger partial charge in [0.2, 0.25) is 15.9 Å². The summed E-state index contributed by atoms with van der Waals surface area (Å²) < 4.78 is 38.1. The number of rotatable bonds is 8. The molecule has 0 fully saturated rings. The zero-order chi connectivity index (χ0) is 21.0. The van der Waals surface area contributed by atoms with Crippen molar-refractivity contribution in [1.29, 1.82) is 0 Å². The molecule has 7 nitrogen and oxygen atoms in total. The van der Waals surface area contributed by atoms with Crippen molar-refractivity contribution in [3.05, 3.63) is 53.8 Å². The van der Waals surface area contributed by atoms with E-state index in [1.807, 2.05) is 11.5 Å². The molecular formula is C19H21FN4O3S2. The molecule has 0 spiro atoms. The largest absolute Gasteiger partial charge is 0.351 e. The predicted molar refractivity (Wildman–Crippen MR) is 110 cm³/mol. The number of carbonyl (C=O) groups is 1. The van der Waals surface area contributed by atoms with Crippen LogP contribution in [0.5, 0.6) is 0 Å². The average Bonchev–Trinajstić information content (AvgIpc) is 3.02. The minimum atomic E-state index is -3.82. The number of hydrogen-bond donors (Lipinski definition) is 2. The summed E-state index contributed by atoms with van der Waals surface area (Å²) in [6.07, 6.45) is 0.854. The second kappa shape index (κ2) is 8.93. The Morgan fingerprint density at radius 3 is 2.62 bits per heavy atom. The standard InChI is InChI=1S/C19H21FN4O3S2/c1-2-9-24-17-8-7-15(29(21,26)27)10-16(17)23-19(24)28-12-18(25)22-11-13-3-5-14(20)6-4-13/h3-8,10H,2,9,11-12H2,1H3,(H,22,25)(H2,21,26,27). The van der Waals surface area contributed by atoms with Crippen LogP contribution in [0.15, 0.2) is 52.5 Å². The maximum atomic E-state index is 12.9. The lowest BCUT2D eigenvalue weighted by atomic mass is 10.2. The molecule has 0 bridgehead atoms. The van der Waals surface area contributed by atoms with Crippen LogP contribution >= 0.6 is 11.8 Å². The molecular weight excluding hydrogens is 415 g/mol. The molecule has 1 aromatic heterocycles. The topological polar surface area (TPSA) is 107 Å². The van der Waals surface area contributed by atoms with Gasteiger partial charge in [-0.2, -0.15) is 0 Å². The first-order chi connectivity index (χ1) is 13.8. The average molecular weight is 437 g/mol. The number of sulfonamides is 1. The van der Waals surface area contributed by atoms with Crippen molar-refractivity contribution >= 4 is 38.7 Å². The number of primary sulfonamides is 1. The first-order valence-electron chi connectivity index (χ1n) is 8.95. The third-order valence-electron chi connectivity index (χ3n) is 4.20. The van der Waals surface area contributed by atoms with E-state index >= 15 is 0 Å². The van der Waals surface area contributed by atoms with Crippen LogP contribution in [0.2, 0.25) is 0 Å². The van der Waals surface area contributed by atoms with Gasteiger partial charge >= 0.3 is 0 Å². The fourth-order valence-corrected chi connectivity index (χ4v) is 4.20. The Morgan fingerprint density at radius 2 is 1.97 bits per heavy atom. The highest BCUT2D eigenvalue weighted by Gasteiger charge is 2.16. The summed E-state index contributed by atoms with van der Waals surface area (Å²) in [5.74, 6) is -0.355. The summed E-state index contributed by atoms with van der Waals surface area (Å²) in [6.45, 7) is 3.02. The molecule has 0 aliphatic heterocycles. The number of nitrogens with one attached hydrogen (secondary N) is 1. The molecule has 3 N–H and O–H groups in total. The van der Waals surface area contributed by atoms with Gasteiger partial charge in [-0.1, -0.05) is 30.8 Å². The first kappa shape index (κ1) is 21.3. The van der Waals surface area contributed by atoms with Gasteiger partial charge in [0, 0.05) is 13.1 Å². The van der Waals surface area contributed by atoms with Gasteiger partial charge in [0.25, 0.3) is 0 Å². The monoisotopic (exact) mass is 436 g/mol. The molecule has 29 heavy (non-hydrogen) atoms. The molecule has 3 rings (SSSR count). The lowest BCUT2D eigenvalue weighted by molar-refractivity contribution is -0.118. The summed E-state index contributed by atoms with van der Waals surface area (Å²) in [6, 6.07) is 10.5. The molecule has 0 saturated carbocycles. The van der Waals surface area contributed by atoms with Gasteiger partial charge in [0.15, 0.2) is 5.16 Å².